The molecule has 0 unspecified atom stereocenters. The van der Waals surface area contributed by atoms with Gasteiger partial charge in [0.25, 0.3) is 0 Å². The van der Waals surface area contributed by atoms with Crippen LogP contribution < -0.4 is 20.1 Å². The molecule has 224 valence electrons. The minimum absolute atomic E-state index is 0.00690. The van der Waals surface area contributed by atoms with Gasteiger partial charge in [-0.05, 0) is 52.0 Å². The highest BCUT2D eigenvalue weighted by atomic mass is 35.5. The molecule has 43 heavy (non-hydrogen) atoms. The molecule has 2 aliphatic rings. The number of rotatable bonds is 4. The number of nitrogens with two attached hydrogens (primary N) is 1. The second-order valence-electron chi connectivity index (χ2n) is 11.2. The minimum atomic E-state index is -0.743. The van der Waals surface area contributed by atoms with E-state index in [1.807, 2.05) is 20.2 Å². The molecule has 2 aromatic carbocycles. The lowest BCUT2D eigenvalue weighted by atomic mass is 9.96. The fourth-order valence-electron chi connectivity index (χ4n) is 5.75. The maximum Gasteiger partial charge on any atom is 0.319 e. The zero-order valence-corrected chi connectivity index (χ0v) is 25.7. The van der Waals surface area contributed by atoms with Gasteiger partial charge in [-0.15, -0.1) is 11.3 Å². The van der Waals surface area contributed by atoms with Gasteiger partial charge in [0.2, 0.25) is 0 Å². The highest BCUT2D eigenvalue weighted by Gasteiger charge is 2.32. The summed E-state index contributed by atoms with van der Waals surface area (Å²) in [5.74, 6) is -0.465. The largest absolute Gasteiger partial charge is 0.491 e. The third kappa shape index (κ3) is 5.22. The Morgan fingerprint density at radius 3 is 2.81 bits per heavy atom. The van der Waals surface area contributed by atoms with Crippen LogP contribution in [0.3, 0.4) is 0 Å². The van der Waals surface area contributed by atoms with E-state index in [9.17, 15) is 9.65 Å². The van der Waals surface area contributed by atoms with Crippen molar-refractivity contribution in [3.63, 3.8) is 0 Å². The molecule has 0 fully saturated rings. The highest BCUT2D eigenvalue weighted by molar-refractivity contribution is 7.23. The second kappa shape index (κ2) is 11.8. The first-order valence-electron chi connectivity index (χ1n) is 14.2. The molecule has 0 spiro atoms. The quantitative estimate of drug-likeness (QED) is 0.248. The zero-order chi connectivity index (χ0) is 30.4. The van der Waals surface area contributed by atoms with Crippen molar-refractivity contribution in [2.24, 2.45) is 5.92 Å². The van der Waals surface area contributed by atoms with Crippen LogP contribution in [0.5, 0.6) is 11.8 Å². The lowest BCUT2D eigenvalue weighted by molar-refractivity contribution is 0.238. The Hall–Kier alpha value is -3.72. The first-order chi connectivity index (χ1) is 20.7. The van der Waals surface area contributed by atoms with Crippen molar-refractivity contribution >= 4 is 54.7 Å². The number of thiophene rings is 1. The number of ether oxygens (including phenoxy) is 2. The summed E-state index contributed by atoms with van der Waals surface area (Å²) in [6.07, 6.45) is 6.65. The number of nitrogens with zero attached hydrogens (tertiary/aromatic N) is 5. The van der Waals surface area contributed by atoms with Gasteiger partial charge in [0.15, 0.2) is 11.6 Å². The molecule has 0 radical (unpaired) electrons. The molecule has 8 nitrogen and oxygen atoms in total. The summed E-state index contributed by atoms with van der Waals surface area (Å²) in [6.45, 7) is 4.26. The topological polar surface area (TPSA) is 101 Å². The van der Waals surface area contributed by atoms with Gasteiger partial charge < -0.3 is 25.0 Å². The average molecular weight is 625 g/mol. The number of hydrogen-bond acceptors (Lipinski definition) is 9. The lowest BCUT2D eigenvalue weighted by Gasteiger charge is -2.33. The van der Waals surface area contributed by atoms with Crippen LogP contribution in [0.4, 0.5) is 19.6 Å². The monoisotopic (exact) mass is 624 g/mol. The third-order valence-electron chi connectivity index (χ3n) is 8.05. The van der Waals surface area contributed by atoms with Crippen LogP contribution in [-0.4, -0.2) is 61.3 Å². The van der Waals surface area contributed by atoms with E-state index in [-0.39, 0.29) is 66.0 Å². The van der Waals surface area contributed by atoms with Crippen molar-refractivity contribution in [1.82, 2.24) is 14.9 Å². The van der Waals surface area contributed by atoms with E-state index >= 15 is 4.39 Å². The molecular formula is C31H31ClF2N6O2S. The van der Waals surface area contributed by atoms with E-state index in [1.165, 1.54) is 12.1 Å². The minimum Gasteiger partial charge on any atom is -0.491 e. The van der Waals surface area contributed by atoms with Crippen molar-refractivity contribution in [3.05, 3.63) is 46.5 Å². The first kappa shape index (κ1) is 29.4. The zero-order valence-electron chi connectivity index (χ0n) is 24.1. The number of benzene rings is 2. The fraction of sp³-hybridized carbons (Fsp3) is 0.387. The van der Waals surface area contributed by atoms with Gasteiger partial charge in [-0.25, -0.2) is 8.78 Å². The number of fused-ring (bicyclic) bond motifs is 2. The van der Waals surface area contributed by atoms with Crippen molar-refractivity contribution in [2.45, 2.75) is 32.2 Å². The Morgan fingerprint density at radius 2 is 2.05 bits per heavy atom. The van der Waals surface area contributed by atoms with Crippen LogP contribution in [0, 0.1) is 28.9 Å². The summed E-state index contributed by atoms with van der Waals surface area (Å²) in [6, 6.07) is 4.75. The molecule has 0 aliphatic carbocycles. The smallest absolute Gasteiger partial charge is 0.319 e. The predicted octanol–water partition coefficient (Wildman–Crippen LogP) is 6.78. The highest BCUT2D eigenvalue weighted by Crippen LogP contribution is 2.50. The molecular weight excluding hydrogens is 594 g/mol. The van der Waals surface area contributed by atoms with Gasteiger partial charge in [-0.1, -0.05) is 29.8 Å². The van der Waals surface area contributed by atoms with E-state index < -0.39 is 11.6 Å². The lowest BCUT2D eigenvalue weighted by Crippen LogP contribution is -2.37. The average Bonchev–Trinajstić information content (AvgIpc) is 3.31. The molecule has 2 aromatic heterocycles. The van der Waals surface area contributed by atoms with Gasteiger partial charge >= 0.3 is 6.01 Å². The summed E-state index contributed by atoms with van der Waals surface area (Å²) in [7, 11) is 4.05. The van der Waals surface area contributed by atoms with Crippen molar-refractivity contribution < 1.29 is 18.3 Å². The summed E-state index contributed by atoms with van der Waals surface area (Å²) < 4.78 is 44.3. The van der Waals surface area contributed by atoms with E-state index in [0.29, 0.717) is 37.4 Å². The molecule has 4 aromatic rings. The Morgan fingerprint density at radius 1 is 1.23 bits per heavy atom. The SMILES string of the molecule is C[C@@H]1CCOc2c(Cl)c(-c3ccc(F)c4sc(N)c(C#N)c34)c(F)c3nc4nc(c23)N1CC/C=C\[C@H](CCN(C)C)CO4. The van der Waals surface area contributed by atoms with E-state index in [0.717, 1.165) is 30.7 Å². The number of nitrogen functional groups attached to an aromatic ring is 1. The molecule has 12 heteroatoms. The maximum atomic E-state index is 16.9. The second-order valence-corrected chi connectivity index (χ2v) is 12.6. The third-order valence-corrected chi connectivity index (χ3v) is 9.43. The maximum absolute atomic E-state index is 16.9. The van der Waals surface area contributed by atoms with Crippen LogP contribution >= 0.6 is 22.9 Å². The standard InChI is InChI=1S/C31H31ClF2N6O2S/c1-16-10-13-41-27-23-26(37-31-38-30(23)40(16)11-5-4-6-17(15-42-31)9-12-39(2)3)25(34)22(24(27)32)18-7-8-20(33)28-21(18)19(14-35)29(36)43-28/h4,6-8,16-17H,5,9-13,15,36H2,1-3H3/b6-4-/t16-,17-/m1/s1. The predicted molar refractivity (Wildman–Crippen MR) is 167 cm³/mol. The van der Waals surface area contributed by atoms with Crippen LogP contribution in [0.1, 0.15) is 31.7 Å². The summed E-state index contributed by atoms with van der Waals surface area (Å²) in [5, 5.41) is 10.5. The molecule has 2 N–H and O–H groups in total. The molecule has 2 aliphatic heterocycles. The van der Waals surface area contributed by atoms with Crippen LogP contribution in [-0.2, 0) is 0 Å². The molecule has 0 saturated heterocycles. The van der Waals surface area contributed by atoms with E-state index in [4.69, 9.17) is 31.8 Å². The molecule has 4 heterocycles. The summed E-state index contributed by atoms with van der Waals surface area (Å²) in [5.41, 5.74) is 6.30. The van der Waals surface area contributed by atoms with Crippen molar-refractivity contribution in [3.8, 4) is 29.0 Å². The number of hydrogen-bond donors (Lipinski definition) is 1. The normalized spacial score (nSPS) is 19.4. The fourth-order valence-corrected chi connectivity index (χ4v) is 7.04. The summed E-state index contributed by atoms with van der Waals surface area (Å²) in [4.78, 5) is 13.6. The van der Waals surface area contributed by atoms with Crippen LogP contribution in [0.25, 0.3) is 32.1 Å². The van der Waals surface area contributed by atoms with Gasteiger partial charge in [0, 0.05) is 35.9 Å². The Kier molecular flexibility index (Phi) is 8.02. The molecule has 2 atom stereocenters. The molecule has 0 saturated carbocycles. The van der Waals surface area contributed by atoms with Gasteiger partial charge in [0.05, 0.1) is 33.9 Å². The number of nitriles is 1. The molecule has 2 bridgehead atoms. The first-order valence-corrected chi connectivity index (χ1v) is 15.4. The van der Waals surface area contributed by atoms with Crippen molar-refractivity contribution in [1.29, 1.82) is 5.26 Å². The number of aromatic nitrogens is 2. The van der Waals surface area contributed by atoms with Crippen LogP contribution in [0.15, 0.2) is 24.3 Å². The van der Waals surface area contributed by atoms with E-state index in [1.54, 1.807) is 0 Å². The van der Waals surface area contributed by atoms with Gasteiger partial charge in [0.1, 0.15) is 28.2 Å². The Labute approximate surface area is 257 Å². The van der Waals surface area contributed by atoms with Gasteiger partial charge in [-0.3, -0.25) is 0 Å². The number of anilines is 2. The number of halogens is 3. The molecule has 0 amide bonds. The Balaban J connectivity index is 1.62. The van der Waals surface area contributed by atoms with E-state index in [2.05, 4.69) is 33.9 Å². The molecule has 6 rings (SSSR count). The van der Waals surface area contributed by atoms with Gasteiger partial charge in [-0.2, -0.15) is 15.2 Å². The summed E-state index contributed by atoms with van der Waals surface area (Å²) >= 11 is 7.93. The van der Waals surface area contributed by atoms with Crippen LogP contribution in [0.2, 0.25) is 5.02 Å². The van der Waals surface area contributed by atoms with Crippen molar-refractivity contribution in [2.75, 3.05) is 51.0 Å². The Bertz CT molecular complexity index is 1800.